The van der Waals surface area contributed by atoms with Crippen molar-refractivity contribution in [3.8, 4) is 0 Å². The number of hydrogen-bond donors (Lipinski definition) is 0. The summed E-state index contributed by atoms with van der Waals surface area (Å²) in [6.07, 6.45) is 6.27. The maximum Gasteiger partial charge on any atom is 0.198 e. The number of carbonyl (C=O) groups excluding carboxylic acids is 1. The van der Waals surface area contributed by atoms with Crippen molar-refractivity contribution in [1.29, 1.82) is 0 Å². The predicted octanol–water partition coefficient (Wildman–Crippen LogP) is 5.75. The van der Waals surface area contributed by atoms with E-state index in [9.17, 15) is 4.79 Å². The van der Waals surface area contributed by atoms with Crippen molar-refractivity contribution < 1.29 is 9.32 Å². The van der Waals surface area contributed by atoms with E-state index in [0.29, 0.717) is 28.5 Å². The molecule has 3 aromatic rings. The second-order valence-corrected chi connectivity index (χ2v) is 7.79. The lowest BCUT2D eigenvalue weighted by Crippen LogP contribution is -2.08. The molecule has 0 N–H and O–H groups in total. The van der Waals surface area contributed by atoms with Gasteiger partial charge in [0.2, 0.25) is 0 Å². The van der Waals surface area contributed by atoms with Gasteiger partial charge >= 0.3 is 0 Å². The molecule has 0 saturated heterocycles. The van der Waals surface area contributed by atoms with Gasteiger partial charge < -0.3 is 4.52 Å². The largest absolute Gasteiger partial charge is 0.364 e. The highest BCUT2D eigenvalue weighted by molar-refractivity contribution is 7.98. The van der Waals surface area contributed by atoms with E-state index in [4.69, 9.17) is 16.1 Å². The van der Waals surface area contributed by atoms with Crippen LogP contribution in [0.4, 0.5) is 0 Å². The number of halogens is 1. The van der Waals surface area contributed by atoms with E-state index in [1.165, 1.54) is 6.26 Å². The van der Waals surface area contributed by atoms with E-state index in [2.05, 4.69) is 11.2 Å². The highest BCUT2D eigenvalue weighted by Crippen LogP contribution is 2.41. The number of rotatable bonds is 6. The summed E-state index contributed by atoms with van der Waals surface area (Å²) in [4.78, 5) is 14.3. The van der Waals surface area contributed by atoms with Crippen molar-refractivity contribution in [3.05, 3.63) is 81.7 Å². The molecule has 5 heteroatoms. The Morgan fingerprint density at radius 2 is 2.00 bits per heavy atom. The summed E-state index contributed by atoms with van der Waals surface area (Å²) in [5.41, 5.74) is 4.05. The molecule has 0 unspecified atom stereocenters. The van der Waals surface area contributed by atoms with Gasteiger partial charge in [-0.3, -0.25) is 4.79 Å². The molecule has 1 aliphatic rings. The highest BCUT2D eigenvalue weighted by atomic mass is 35.5. The third-order valence-corrected chi connectivity index (χ3v) is 5.80. The molecular formula is C21H18ClNO2S. The number of hydrogen-bond acceptors (Lipinski definition) is 4. The Hall–Kier alpha value is -2.04. The van der Waals surface area contributed by atoms with Crippen LogP contribution in [0.3, 0.4) is 0 Å². The first-order chi connectivity index (χ1) is 12.7. The second kappa shape index (κ2) is 7.29. The molecule has 1 aromatic heterocycles. The summed E-state index contributed by atoms with van der Waals surface area (Å²) in [5.74, 6) is 0.341. The van der Waals surface area contributed by atoms with Gasteiger partial charge in [-0.25, -0.2) is 0 Å². The molecule has 1 aliphatic carbocycles. The van der Waals surface area contributed by atoms with Gasteiger partial charge in [0.1, 0.15) is 6.26 Å². The lowest BCUT2D eigenvalue weighted by atomic mass is 9.94. The fourth-order valence-electron chi connectivity index (χ4n) is 3.12. The molecule has 3 nitrogen and oxygen atoms in total. The normalized spacial score (nSPS) is 13.8. The molecule has 1 heterocycles. The maximum atomic E-state index is 13.2. The SMILES string of the molecule is CSc1ccc(C(=O)c2conc2C2CC2)c(Cc2ccccc2Cl)c1. The number of carbonyl (C=O) groups is 1. The Morgan fingerprint density at radius 3 is 2.73 bits per heavy atom. The zero-order chi connectivity index (χ0) is 18.1. The lowest BCUT2D eigenvalue weighted by Gasteiger charge is -2.11. The van der Waals surface area contributed by atoms with Crippen molar-refractivity contribution >= 4 is 29.1 Å². The Balaban J connectivity index is 1.74. The number of aromatic nitrogens is 1. The predicted molar refractivity (Wildman–Crippen MR) is 104 cm³/mol. The van der Waals surface area contributed by atoms with Crippen LogP contribution in [0.25, 0.3) is 0 Å². The van der Waals surface area contributed by atoms with E-state index in [1.54, 1.807) is 11.8 Å². The molecule has 0 bridgehead atoms. The molecule has 1 fully saturated rings. The first-order valence-corrected chi connectivity index (χ1v) is 10.2. The zero-order valence-corrected chi connectivity index (χ0v) is 15.9. The Bertz CT molecular complexity index is 962. The summed E-state index contributed by atoms with van der Waals surface area (Å²) in [7, 11) is 0. The molecule has 1 saturated carbocycles. The van der Waals surface area contributed by atoms with Gasteiger partial charge in [-0.15, -0.1) is 11.8 Å². The molecule has 132 valence electrons. The number of nitrogens with zero attached hydrogens (tertiary/aromatic N) is 1. The van der Waals surface area contributed by atoms with Gasteiger partial charge in [-0.2, -0.15) is 0 Å². The third kappa shape index (κ3) is 3.44. The number of thioether (sulfide) groups is 1. The highest BCUT2D eigenvalue weighted by Gasteiger charge is 2.32. The monoisotopic (exact) mass is 383 g/mol. The van der Waals surface area contributed by atoms with Crippen LogP contribution in [0.2, 0.25) is 5.02 Å². The summed E-state index contributed by atoms with van der Waals surface area (Å²) >= 11 is 8.00. The number of ketones is 1. The van der Waals surface area contributed by atoms with Crippen molar-refractivity contribution in [2.45, 2.75) is 30.1 Å². The first-order valence-electron chi connectivity index (χ1n) is 8.56. The molecule has 4 rings (SSSR count). The number of benzene rings is 2. The van der Waals surface area contributed by atoms with Gasteiger partial charge in [-0.1, -0.05) is 35.0 Å². The summed E-state index contributed by atoms with van der Waals surface area (Å²) in [5, 5.41) is 4.78. The van der Waals surface area contributed by atoms with Gasteiger partial charge in [0.15, 0.2) is 5.78 Å². The van der Waals surface area contributed by atoms with Crippen molar-refractivity contribution in [1.82, 2.24) is 5.16 Å². The standard InChI is InChI=1S/C21H18ClNO2S/c1-26-16-8-9-17(15(11-16)10-14-4-2-3-5-19(14)22)21(24)18-12-25-23-20(18)13-6-7-13/h2-5,8-9,11-13H,6-7,10H2,1H3. The molecule has 0 radical (unpaired) electrons. The van der Waals surface area contributed by atoms with Gasteiger partial charge in [0.05, 0.1) is 11.3 Å². The smallest absolute Gasteiger partial charge is 0.198 e. The minimum atomic E-state index is -0.0251. The molecule has 26 heavy (non-hydrogen) atoms. The maximum absolute atomic E-state index is 13.2. The Morgan fingerprint density at radius 1 is 1.19 bits per heavy atom. The quantitative estimate of drug-likeness (QED) is 0.401. The van der Waals surface area contributed by atoms with Gasteiger partial charge in [-0.05, 0) is 60.9 Å². The van der Waals surface area contributed by atoms with Crippen LogP contribution in [-0.2, 0) is 6.42 Å². The average Bonchev–Trinajstić information content (AvgIpc) is 3.39. The van der Waals surface area contributed by atoms with Crippen LogP contribution in [-0.4, -0.2) is 17.2 Å². The van der Waals surface area contributed by atoms with E-state index in [1.807, 2.05) is 42.7 Å². The van der Waals surface area contributed by atoms with E-state index < -0.39 is 0 Å². The zero-order valence-electron chi connectivity index (χ0n) is 14.4. The average molecular weight is 384 g/mol. The summed E-state index contributed by atoms with van der Waals surface area (Å²) in [6, 6.07) is 13.7. The minimum absolute atomic E-state index is 0.0251. The minimum Gasteiger partial charge on any atom is -0.364 e. The van der Waals surface area contributed by atoms with Crippen LogP contribution in [0.1, 0.15) is 51.5 Å². The molecule has 0 atom stereocenters. The summed E-state index contributed by atoms with van der Waals surface area (Å²) in [6.45, 7) is 0. The topological polar surface area (TPSA) is 43.1 Å². The van der Waals surface area contributed by atoms with Crippen LogP contribution in [0.15, 0.2) is 58.1 Å². The molecule has 0 spiro atoms. The van der Waals surface area contributed by atoms with E-state index in [0.717, 1.165) is 34.6 Å². The van der Waals surface area contributed by atoms with Gasteiger partial charge in [0.25, 0.3) is 0 Å². The fourth-order valence-corrected chi connectivity index (χ4v) is 3.79. The fraction of sp³-hybridized carbons (Fsp3) is 0.238. The van der Waals surface area contributed by atoms with E-state index in [-0.39, 0.29) is 5.78 Å². The second-order valence-electron chi connectivity index (χ2n) is 6.51. The van der Waals surface area contributed by atoms with Crippen LogP contribution in [0.5, 0.6) is 0 Å². The molecule has 0 aliphatic heterocycles. The van der Waals surface area contributed by atoms with Gasteiger partial charge in [0, 0.05) is 21.4 Å². The Labute approximate surface area is 161 Å². The molecule has 0 amide bonds. The molecule has 2 aromatic carbocycles. The van der Waals surface area contributed by atoms with Crippen molar-refractivity contribution in [2.24, 2.45) is 0 Å². The van der Waals surface area contributed by atoms with Crippen molar-refractivity contribution in [3.63, 3.8) is 0 Å². The third-order valence-electron chi connectivity index (χ3n) is 4.70. The first kappa shape index (κ1) is 17.4. The Kier molecular flexibility index (Phi) is 4.88. The van der Waals surface area contributed by atoms with Crippen LogP contribution >= 0.6 is 23.4 Å². The van der Waals surface area contributed by atoms with Crippen molar-refractivity contribution in [2.75, 3.05) is 6.26 Å². The lowest BCUT2D eigenvalue weighted by molar-refractivity contribution is 0.103. The van der Waals surface area contributed by atoms with Crippen LogP contribution in [0, 0.1) is 0 Å². The summed E-state index contributed by atoms with van der Waals surface area (Å²) < 4.78 is 5.12. The van der Waals surface area contributed by atoms with Crippen LogP contribution < -0.4 is 0 Å². The van der Waals surface area contributed by atoms with E-state index >= 15 is 0 Å². The molecular weight excluding hydrogens is 366 g/mol.